The monoisotopic (exact) mass is 522 g/mol. The highest BCUT2D eigenvalue weighted by Gasteiger charge is 2.49. The Balaban J connectivity index is 1.89. The van der Waals surface area contributed by atoms with Crippen LogP contribution in [0.25, 0.3) is 10.8 Å². The molecule has 0 bridgehead atoms. The van der Waals surface area contributed by atoms with Crippen LogP contribution in [-0.2, 0) is 33.9 Å². The van der Waals surface area contributed by atoms with Crippen LogP contribution in [-0.4, -0.2) is 67.1 Å². The van der Waals surface area contributed by atoms with Gasteiger partial charge in [-0.15, -0.1) is 0 Å². The largest absolute Gasteiger partial charge is 0.534 e. The van der Waals surface area contributed by atoms with Gasteiger partial charge in [-0.25, -0.2) is 0 Å². The molecule has 2 aromatic carbocycles. The first-order valence-corrected chi connectivity index (χ1v) is 11.5. The molecule has 35 heavy (non-hydrogen) atoms. The summed E-state index contributed by atoms with van der Waals surface area (Å²) in [6.45, 7) is 1.86. The van der Waals surface area contributed by atoms with Gasteiger partial charge in [0.2, 0.25) is 0 Å². The summed E-state index contributed by atoms with van der Waals surface area (Å²) in [6, 6.07) is 7.73. The maximum Gasteiger partial charge on any atom is 0.534 e. The molecule has 0 unspecified atom stereocenters. The highest BCUT2D eigenvalue weighted by molar-refractivity contribution is 7.88. The Morgan fingerprint density at radius 2 is 1.63 bits per heavy atom. The molecular weight excluding hydrogens is 501 g/mol. The molecule has 2 N–H and O–H groups in total. The zero-order valence-electron chi connectivity index (χ0n) is 18.3. The van der Waals surface area contributed by atoms with Crippen molar-refractivity contribution in [2.24, 2.45) is 0 Å². The second kappa shape index (κ2) is 9.97. The van der Waals surface area contributed by atoms with E-state index < -0.39 is 63.8 Å². The van der Waals surface area contributed by atoms with E-state index in [9.17, 15) is 41.4 Å². The van der Waals surface area contributed by atoms with E-state index in [2.05, 4.69) is 4.18 Å². The van der Waals surface area contributed by atoms with E-state index in [4.69, 9.17) is 14.2 Å². The van der Waals surface area contributed by atoms with E-state index in [-0.39, 0.29) is 6.61 Å². The summed E-state index contributed by atoms with van der Waals surface area (Å²) in [5.74, 6) is -1.96. The smallest absolute Gasteiger partial charge is 0.463 e. The summed E-state index contributed by atoms with van der Waals surface area (Å²) in [5, 5.41) is 21.9. The van der Waals surface area contributed by atoms with E-state index >= 15 is 0 Å². The van der Waals surface area contributed by atoms with E-state index in [0.717, 1.165) is 26.0 Å². The van der Waals surface area contributed by atoms with E-state index in [1.165, 1.54) is 24.3 Å². The fourth-order valence-electron chi connectivity index (χ4n) is 3.53. The first-order valence-electron chi connectivity index (χ1n) is 10.1. The first-order chi connectivity index (χ1) is 16.2. The fraction of sp³-hybridized carbons (Fsp3) is 0.429. The van der Waals surface area contributed by atoms with Crippen molar-refractivity contribution in [2.75, 3.05) is 6.61 Å². The Kier molecular flexibility index (Phi) is 7.59. The van der Waals surface area contributed by atoms with Crippen molar-refractivity contribution in [2.45, 2.75) is 49.9 Å². The third-order valence-corrected chi connectivity index (χ3v) is 6.07. The van der Waals surface area contributed by atoms with Gasteiger partial charge in [0.25, 0.3) is 0 Å². The Morgan fingerprint density at radius 3 is 2.23 bits per heavy atom. The lowest BCUT2D eigenvalue weighted by atomic mass is 9.90. The number of aliphatic hydroxyl groups is 2. The number of fused-ring (bicyclic) bond motifs is 1. The molecular formula is C21H21F3O10S. The Bertz CT molecular complexity index is 1210. The summed E-state index contributed by atoms with van der Waals surface area (Å²) in [6.07, 6.45) is -6.77. The van der Waals surface area contributed by atoms with Gasteiger partial charge in [0, 0.05) is 13.8 Å². The maximum absolute atomic E-state index is 12.6. The number of alkyl halides is 3. The molecule has 1 aliphatic rings. The molecule has 192 valence electrons. The predicted octanol–water partition coefficient (Wildman–Crippen LogP) is 1.72. The molecule has 1 aliphatic heterocycles. The Morgan fingerprint density at radius 1 is 1.00 bits per heavy atom. The maximum atomic E-state index is 12.6. The fourth-order valence-corrected chi connectivity index (χ4v) is 3.98. The standard InChI is InChI=1S/C21H21F3O10S/c1-10(25)31-9-16-20(32-11(2)26)18(28)17(27)19(33-16)14-4-3-13-8-15(6-5-12(13)7-14)34-35(29,30)21(22,23)24/h3-8,16-20,27-28H,9H2,1-2H3/t16-,17+,18-,19-,20+/m1/s1. The molecule has 0 radical (unpaired) electrons. The Hall–Kier alpha value is -2.94. The zero-order chi connectivity index (χ0) is 26.1. The van der Waals surface area contributed by atoms with Crippen LogP contribution in [0, 0.1) is 0 Å². The van der Waals surface area contributed by atoms with Crippen molar-refractivity contribution < 1.29 is 59.8 Å². The average Bonchev–Trinajstić information content (AvgIpc) is 2.74. The van der Waals surface area contributed by atoms with Crippen molar-refractivity contribution in [1.29, 1.82) is 0 Å². The zero-order valence-corrected chi connectivity index (χ0v) is 19.1. The van der Waals surface area contributed by atoms with Gasteiger partial charge in [-0.05, 0) is 34.5 Å². The van der Waals surface area contributed by atoms with E-state index in [1.807, 2.05) is 0 Å². The van der Waals surface area contributed by atoms with Gasteiger partial charge in [-0.2, -0.15) is 21.6 Å². The van der Waals surface area contributed by atoms with Crippen LogP contribution in [0.15, 0.2) is 36.4 Å². The number of carbonyl (C=O) groups excluding carboxylic acids is 2. The number of ether oxygens (including phenoxy) is 3. The van der Waals surface area contributed by atoms with Crippen LogP contribution >= 0.6 is 0 Å². The number of carbonyl (C=O) groups is 2. The third-order valence-electron chi connectivity index (χ3n) is 5.09. The lowest BCUT2D eigenvalue weighted by Crippen LogP contribution is -2.57. The molecule has 2 aromatic rings. The van der Waals surface area contributed by atoms with Crippen LogP contribution in [0.1, 0.15) is 25.5 Å². The number of halogens is 3. The Labute approximate surface area is 197 Å². The molecule has 0 aromatic heterocycles. The van der Waals surface area contributed by atoms with E-state index in [0.29, 0.717) is 16.3 Å². The van der Waals surface area contributed by atoms with Crippen LogP contribution < -0.4 is 4.18 Å². The molecule has 0 saturated carbocycles. The van der Waals surface area contributed by atoms with Gasteiger partial charge in [0.15, 0.2) is 6.10 Å². The summed E-state index contributed by atoms with van der Waals surface area (Å²) < 4.78 is 80.0. The molecule has 10 nitrogen and oxygen atoms in total. The average molecular weight is 522 g/mol. The molecule has 5 atom stereocenters. The van der Waals surface area contributed by atoms with Gasteiger partial charge < -0.3 is 28.6 Å². The van der Waals surface area contributed by atoms with Crippen LogP contribution in [0.4, 0.5) is 13.2 Å². The number of rotatable bonds is 6. The summed E-state index contributed by atoms with van der Waals surface area (Å²) in [7, 11) is -5.84. The van der Waals surface area contributed by atoms with Crippen LogP contribution in [0.2, 0.25) is 0 Å². The summed E-state index contributed by atoms with van der Waals surface area (Å²) in [4.78, 5) is 22.6. The van der Waals surface area contributed by atoms with Crippen LogP contribution in [0.5, 0.6) is 5.75 Å². The predicted molar refractivity (Wildman–Crippen MR) is 111 cm³/mol. The molecule has 3 rings (SSSR count). The minimum atomic E-state index is -5.84. The second-order valence-corrected chi connectivity index (χ2v) is 9.24. The number of esters is 2. The van der Waals surface area contributed by atoms with Crippen LogP contribution in [0.3, 0.4) is 0 Å². The SMILES string of the molecule is CC(=O)OC[C@H]1O[C@H](c2ccc3cc(OS(=O)(=O)C(F)(F)F)ccc3c2)[C@@H](O)[C@@H](O)[C@H]1OC(C)=O. The highest BCUT2D eigenvalue weighted by Crippen LogP contribution is 2.36. The van der Waals surface area contributed by atoms with Gasteiger partial charge in [0.1, 0.15) is 36.8 Å². The molecule has 1 heterocycles. The number of aliphatic hydroxyl groups excluding tert-OH is 2. The van der Waals surface area contributed by atoms with Crippen molar-refractivity contribution in [1.82, 2.24) is 0 Å². The minimum absolute atomic E-state index is 0.309. The normalized spacial score (nSPS) is 25.2. The van der Waals surface area contributed by atoms with Gasteiger partial charge in [0.05, 0.1) is 0 Å². The highest BCUT2D eigenvalue weighted by atomic mass is 32.2. The van der Waals surface area contributed by atoms with Crippen molar-refractivity contribution in [3.63, 3.8) is 0 Å². The minimum Gasteiger partial charge on any atom is -0.463 e. The lowest BCUT2D eigenvalue weighted by Gasteiger charge is -2.42. The first kappa shape index (κ1) is 26.7. The summed E-state index contributed by atoms with van der Waals surface area (Å²) >= 11 is 0. The number of benzene rings is 2. The third kappa shape index (κ3) is 6.01. The van der Waals surface area contributed by atoms with Gasteiger partial charge in [-0.3, -0.25) is 9.59 Å². The lowest BCUT2D eigenvalue weighted by molar-refractivity contribution is -0.242. The number of hydrogen-bond donors (Lipinski definition) is 2. The number of hydrogen-bond acceptors (Lipinski definition) is 10. The molecule has 0 amide bonds. The molecule has 0 aliphatic carbocycles. The second-order valence-electron chi connectivity index (χ2n) is 7.70. The van der Waals surface area contributed by atoms with Crippen molar-refractivity contribution >= 4 is 32.8 Å². The van der Waals surface area contributed by atoms with E-state index in [1.54, 1.807) is 0 Å². The molecule has 1 fully saturated rings. The van der Waals surface area contributed by atoms with Gasteiger partial charge >= 0.3 is 27.6 Å². The molecule has 0 spiro atoms. The summed E-state index contributed by atoms with van der Waals surface area (Å²) in [5.41, 5.74) is -5.26. The quantitative estimate of drug-likeness (QED) is 0.327. The van der Waals surface area contributed by atoms with Crippen molar-refractivity contribution in [3.8, 4) is 5.75 Å². The van der Waals surface area contributed by atoms with Crippen molar-refractivity contribution in [3.05, 3.63) is 42.0 Å². The van der Waals surface area contributed by atoms with Gasteiger partial charge in [-0.1, -0.05) is 18.2 Å². The molecule has 14 heteroatoms. The molecule has 1 saturated heterocycles. The topological polar surface area (TPSA) is 146 Å².